The van der Waals surface area contributed by atoms with Crippen LogP contribution in [0.1, 0.15) is 22.7 Å². The van der Waals surface area contributed by atoms with Crippen LogP contribution in [0, 0.1) is 6.92 Å². The molecule has 1 atom stereocenters. The molecule has 136 valence electrons. The largest absolute Gasteiger partial charge is 0.496 e. The first-order valence-corrected chi connectivity index (χ1v) is 8.44. The number of rotatable bonds is 5. The van der Waals surface area contributed by atoms with E-state index in [4.69, 9.17) is 9.47 Å². The topological polar surface area (TPSA) is 33.7 Å². The Labute approximate surface area is 156 Å². The number of methoxy groups -OCH3 is 2. The summed E-state index contributed by atoms with van der Waals surface area (Å²) in [6.45, 7) is 5.92. The summed E-state index contributed by atoms with van der Waals surface area (Å²) < 4.78 is 11.1. The predicted molar refractivity (Wildman–Crippen MR) is 104 cm³/mol. The van der Waals surface area contributed by atoms with Crippen LogP contribution < -0.4 is 14.8 Å². The smallest absolute Gasteiger partial charge is 0.123 e. The molecule has 0 bridgehead atoms. The minimum atomic E-state index is 0. The van der Waals surface area contributed by atoms with E-state index in [0.717, 1.165) is 37.7 Å². The van der Waals surface area contributed by atoms with Gasteiger partial charge in [0.1, 0.15) is 11.5 Å². The molecule has 5 heteroatoms. The average Bonchev–Trinajstić information content (AvgIpc) is 2.62. The van der Waals surface area contributed by atoms with Gasteiger partial charge in [-0.25, -0.2) is 0 Å². The maximum absolute atomic E-state index is 5.58. The first-order chi connectivity index (χ1) is 11.7. The van der Waals surface area contributed by atoms with Crippen molar-refractivity contribution in [3.8, 4) is 11.5 Å². The second-order valence-corrected chi connectivity index (χ2v) is 6.25. The molecule has 25 heavy (non-hydrogen) atoms. The van der Waals surface area contributed by atoms with Crippen LogP contribution in [0.15, 0.2) is 42.5 Å². The van der Waals surface area contributed by atoms with E-state index in [1.807, 2.05) is 12.1 Å². The normalized spacial score (nSPS) is 17.6. The minimum Gasteiger partial charge on any atom is -0.496 e. The number of para-hydroxylation sites is 1. The van der Waals surface area contributed by atoms with Crippen LogP contribution >= 0.6 is 12.4 Å². The molecule has 1 saturated heterocycles. The second kappa shape index (κ2) is 9.09. The van der Waals surface area contributed by atoms with Crippen LogP contribution in [0.3, 0.4) is 0 Å². The first-order valence-electron chi connectivity index (χ1n) is 8.44. The molecule has 3 rings (SSSR count). The molecule has 1 heterocycles. The van der Waals surface area contributed by atoms with Gasteiger partial charge in [-0.1, -0.05) is 35.9 Å². The summed E-state index contributed by atoms with van der Waals surface area (Å²) in [6, 6.07) is 15.0. The van der Waals surface area contributed by atoms with E-state index in [1.54, 1.807) is 14.2 Å². The van der Waals surface area contributed by atoms with Crippen LogP contribution in [0.25, 0.3) is 0 Å². The Bertz CT molecular complexity index is 693. The van der Waals surface area contributed by atoms with E-state index in [0.29, 0.717) is 6.04 Å². The van der Waals surface area contributed by atoms with Crippen molar-refractivity contribution < 1.29 is 9.47 Å². The molecule has 0 saturated carbocycles. The van der Waals surface area contributed by atoms with Crippen LogP contribution in [0.2, 0.25) is 0 Å². The van der Waals surface area contributed by atoms with E-state index in [-0.39, 0.29) is 12.4 Å². The van der Waals surface area contributed by atoms with Crippen molar-refractivity contribution in [1.82, 2.24) is 10.2 Å². The summed E-state index contributed by atoms with van der Waals surface area (Å²) in [5, 5.41) is 3.51. The average molecular weight is 363 g/mol. The molecule has 0 amide bonds. The molecule has 0 spiro atoms. The standard InChI is InChI=1S/C20H26N2O2.ClH/c1-15-8-9-19(23-2)16(12-15)14-22-11-10-21-13-18(22)17-6-4-5-7-20(17)24-3;/h4-9,12,18,21H,10-11,13-14H2,1-3H3;1H. The van der Waals surface area contributed by atoms with Crippen molar-refractivity contribution >= 4 is 12.4 Å². The molecular formula is C20H27ClN2O2. The van der Waals surface area contributed by atoms with Crippen LogP contribution in [-0.4, -0.2) is 38.8 Å². The van der Waals surface area contributed by atoms with Crippen LogP contribution in [-0.2, 0) is 6.54 Å². The predicted octanol–water partition coefficient (Wildman–Crippen LogP) is 3.58. The summed E-state index contributed by atoms with van der Waals surface area (Å²) >= 11 is 0. The van der Waals surface area contributed by atoms with Crippen molar-refractivity contribution in [2.75, 3.05) is 33.9 Å². The fourth-order valence-corrected chi connectivity index (χ4v) is 3.43. The molecule has 0 radical (unpaired) electrons. The molecule has 4 nitrogen and oxygen atoms in total. The SMILES string of the molecule is COc1ccc(C)cc1CN1CCNCC1c1ccccc1OC.Cl. The second-order valence-electron chi connectivity index (χ2n) is 6.25. The zero-order chi connectivity index (χ0) is 16.9. The molecular weight excluding hydrogens is 336 g/mol. The highest BCUT2D eigenvalue weighted by atomic mass is 35.5. The Balaban J connectivity index is 0.00000225. The van der Waals surface area contributed by atoms with Gasteiger partial charge in [0, 0.05) is 37.3 Å². The molecule has 0 aromatic heterocycles. The van der Waals surface area contributed by atoms with Crippen molar-refractivity contribution in [1.29, 1.82) is 0 Å². The van der Waals surface area contributed by atoms with Crippen molar-refractivity contribution in [3.63, 3.8) is 0 Å². The van der Waals surface area contributed by atoms with Gasteiger partial charge in [-0.05, 0) is 19.1 Å². The van der Waals surface area contributed by atoms with Crippen LogP contribution in [0.4, 0.5) is 0 Å². The highest BCUT2D eigenvalue weighted by Crippen LogP contribution is 2.32. The number of nitrogens with zero attached hydrogens (tertiary/aromatic N) is 1. The minimum absolute atomic E-state index is 0. The Morgan fingerprint density at radius 2 is 1.84 bits per heavy atom. The lowest BCUT2D eigenvalue weighted by molar-refractivity contribution is 0.149. The number of piperazine rings is 1. The summed E-state index contributed by atoms with van der Waals surface area (Å²) in [6.07, 6.45) is 0. The highest BCUT2D eigenvalue weighted by molar-refractivity contribution is 5.85. The fraction of sp³-hybridized carbons (Fsp3) is 0.400. The zero-order valence-corrected chi connectivity index (χ0v) is 15.9. The molecule has 1 N–H and O–H groups in total. The first kappa shape index (κ1) is 19.6. The van der Waals surface area contributed by atoms with Crippen molar-refractivity contribution in [2.45, 2.75) is 19.5 Å². The van der Waals surface area contributed by atoms with E-state index < -0.39 is 0 Å². The fourth-order valence-electron chi connectivity index (χ4n) is 3.43. The van der Waals surface area contributed by atoms with Gasteiger partial charge >= 0.3 is 0 Å². The lowest BCUT2D eigenvalue weighted by Gasteiger charge is -2.37. The molecule has 0 aliphatic carbocycles. The molecule has 1 fully saturated rings. The van der Waals surface area contributed by atoms with Gasteiger partial charge in [-0.15, -0.1) is 12.4 Å². The number of hydrogen-bond acceptors (Lipinski definition) is 4. The van der Waals surface area contributed by atoms with Crippen molar-refractivity contribution in [3.05, 3.63) is 59.2 Å². The number of ether oxygens (including phenoxy) is 2. The number of benzene rings is 2. The number of hydrogen-bond donors (Lipinski definition) is 1. The summed E-state index contributed by atoms with van der Waals surface area (Å²) in [5.41, 5.74) is 3.73. The summed E-state index contributed by atoms with van der Waals surface area (Å²) in [7, 11) is 3.48. The van der Waals surface area contributed by atoms with E-state index in [9.17, 15) is 0 Å². The Morgan fingerprint density at radius 3 is 2.60 bits per heavy atom. The van der Waals surface area contributed by atoms with Gasteiger partial charge in [0.25, 0.3) is 0 Å². The van der Waals surface area contributed by atoms with E-state index >= 15 is 0 Å². The Hall–Kier alpha value is -1.75. The lowest BCUT2D eigenvalue weighted by Crippen LogP contribution is -2.45. The third kappa shape index (κ3) is 4.46. The maximum atomic E-state index is 5.58. The van der Waals surface area contributed by atoms with Gasteiger partial charge in [0.2, 0.25) is 0 Å². The van der Waals surface area contributed by atoms with Gasteiger partial charge in [-0.3, -0.25) is 4.90 Å². The number of halogens is 1. The number of aryl methyl sites for hydroxylation is 1. The monoisotopic (exact) mass is 362 g/mol. The zero-order valence-electron chi connectivity index (χ0n) is 15.1. The van der Waals surface area contributed by atoms with Crippen molar-refractivity contribution in [2.24, 2.45) is 0 Å². The molecule has 1 unspecified atom stereocenters. The Kier molecular flexibility index (Phi) is 7.12. The molecule has 2 aromatic rings. The molecule has 1 aliphatic heterocycles. The van der Waals surface area contributed by atoms with Crippen LogP contribution in [0.5, 0.6) is 11.5 Å². The highest BCUT2D eigenvalue weighted by Gasteiger charge is 2.26. The molecule has 1 aliphatic rings. The summed E-state index contributed by atoms with van der Waals surface area (Å²) in [5.74, 6) is 1.91. The van der Waals surface area contributed by atoms with Gasteiger partial charge in [0.15, 0.2) is 0 Å². The third-order valence-electron chi connectivity index (χ3n) is 4.66. The lowest BCUT2D eigenvalue weighted by atomic mass is 10.0. The van der Waals surface area contributed by atoms with E-state index in [1.165, 1.54) is 16.7 Å². The van der Waals surface area contributed by atoms with Gasteiger partial charge in [0.05, 0.1) is 20.3 Å². The van der Waals surface area contributed by atoms with Gasteiger partial charge < -0.3 is 14.8 Å². The quantitative estimate of drug-likeness (QED) is 0.881. The Morgan fingerprint density at radius 1 is 1.08 bits per heavy atom. The third-order valence-corrected chi connectivity index (χ3v) is 4.66. The van der Waals surface area contributed by atoms with E-state index in [2.05, 4.69) is 47.5 Å². The maximum Gasteiger partial charge on any atom is 0.123 e. The molecule has 2 aromatic carbocycles. The van der Waals surface area contributed by atoms with Gasteiger partial charge in [-0.2, -0.15) is 0 Å². The number of nitrogens with one attached hydrogen (secondary N) is 1. The summed E-state index contributed by atoms with van der Waals surface area (Å²) in [4.78, 5) is 2.51.